The normalized spacial score (nSPS) is 19.4. The lowest BCUT2D eigenvalue weighted by Crippen LogP contribution is -2.40. The van der Waals surface area contributed by atoms with Gasteiger partial charge in [0.2, 0.25) is 10.0 Å². The van der Waals surface area contributed by atoms with E-state index < -0.39 is 20.7 Å². The van der Waals surface area contributed by atoms with Crippen molar-refractivity contribution in [2.24, 2.45) is 10.9 Å². The van der Waals surface area contributed by atoms with Crippen molar-refractivity contribution >= 4 is 15.9 Å². The lowest BCUT2D eigenvalue weighted by molar-refractivity contribution is 0.0740. The molecule has 6 nitrogen and oxygen atoms in total. The molecular weight excluding hydrogens is 285 g/mol. The molecule has 0 saturated carbocycles. The summed E-state index contributed by atoms with van der Waals surface area (Å²) in [6, 6.07) is 3.11. The van der Waals surface area contributed by atoms with E-state index in [0.29, 0.717) is 13.1 Å². The van der Waals surface area contributed by atoms with Gasteiger partial charge in [-0.25, -0.2) is 17.9 Å². The summed E-state index contributed by atoms with van der Waals surface area (Å²) in [6.45, 7) is 0.919. The zero-order valence-corrected chi connectivity index (χ0v) is 11.6. The van der Waals surface area contributed by atoms with Crippen LogP contribution in [0.1, 0.15) is 23.2 Å². The molecule has 1 atom stereocenters. The highest BCUT2D eigenvalue weighted by molar-refractivity contribution is 7.89. The van der Waals surface area contributed by atoms with Gasteiger partial charge in [0, 0.05) is 24.7 Å². The van der Waals surface area contributed by atoms with Crippen LogP contribution in [-0.2, 0) is 10.0 Å². The van der Waals surface area contributed by atoms with Crippen LogP contribution in [0.5, 0.6) is 0 Å². The third kappa shape index (κ3) is 2.82. The molecule has 0 bridgehead atoms. The second kappa shape index (κ2) is 5.47. The van der Waals surface area contributed by atoms with E-state index in [1.807, 2.05) is 0 Å². The zero-order valence-electron chi connectivity index (χ0n) is 10.8. The van der Waals surface area contributed by atoms with Crippen LogP contribution < -0.4 is 10.9 Å². The Morgan fingerprint density at radius 1 is 1.45 bits per heavy atom. The van der Waals surface area contributed by atoms with E-state index >= 15 is 0 Å². The summed E-state index contributed by atoms with van der Waals surface area (Å²) in [7, 11) is -4.13. The molecule has 20 heavy (non-hydrogen) atoms. The van der Waals surface area contributed by atoms with Crippen LogP contribution >= 0.6 is 0 Å². The maximum absolute atomic E-state index is 13.7. The molecule has 1 heterocycles. The second-order valence-electron chi connectivity index (χ2n) is 4.72. The number of sulfonamides is 1. The molecule has 1 aliphatic rings. The largest absolute Gasteiger partial charge is 0.334 e. The van der Waals surface area contributed by atoms with Crippen molar-refractivity contribution in [2.75, 3.05) is 13.1 Å². The van der Waals surface area contributed by atoms with Crippen LogP contribution in [0.3, 0.4) is 0 Å². The molecule has 8 heteroatoms. The maximum atomic E-state index is 13.7. The van der Waals surface area contributed by atoms with Crippen molar-refractivity contribution in [1.82, 2.24) is 4.90 Å². The Morgan fingerprint density at radius 2 is 2.15 bits per heavy atom. The minimum atomic E-state index is -4.13. The Bertz CT molecular complexity index is 633. The highest BCUT2D eigenvalue weighted by atomic mass is 32.2. The van der Waals surface area contributed by atoms with E-state index in [4.69, 9.17) is 10.9 Å². The lowest BCUT2D eigenvalue weighted by Gasteiger charge is -2.23. The summed E-state index contributed by atoms with van der Waals surface area (Å²) in [5, 5.41) is 4.87. The average molecular weight is 301 g/mol. The van der Waals surface area contributed by atoms with Crippen LogP contribution in [0.25, 0.3) is 0 Å². The molecule has 0 radical (unpaired) electrons. The molecule has 1 saturated heterocycles. The van der Waals surface area contributed by atoms with Gasteiger partial charge in [-0.2, -0.15) is 0 Å². The summed E-state index contributed by atoms with van der Waals surface area (Å²) in [6.07, 6.45) is 1.67. The summed E-state index contributed by atoms with van der Waals surface area (Å²) >= 11 is 0. The van der Waals surface area contributed by atoms with Crippen LogP contribution in [-0.4, -0.2) is 38.4 Å². The van der Waals surface area contributed by atoms with Gasteiger partial charge >= 0.3 is 0 Å². The number of halogens is 1. The molecule has 1 aromatic rings. The molecule has 1 aliphatic heterocycles. The minimum absolute atomic E-state index is 0.0523. The van der Waals surface area contributed by atoms with Crippen molar-refractivity contribution < 1.29 is 17.6 Å². The first-order chi connectivity index (χ1) is 9.34. The zero-order chi connectivity index (χ0) is 14.9. The van der Waals surface area contributed by atoms with Crippen molar-refractivity contribution in [3.05, 3.63) is 29.6 Å². The molecule has 1 amide bonds. The number of carbonyl (C=O) groups excluding carboxylic acids is 1. The molecule has 1 unspecified atom stereocenters. The van der Waals surface area contributed by atoms with Gasteiger partial charge in [-0.1, -0.05) is 0 Å². The van der Waals surface area contributed by atoms with Gasteiger partial charge in [0.25, 0.3) is 5.91 Å². The predicted octanol–water partition coefficient (Wildman–Crippen LogP) is 0.0364. The Balaban J connectivity index is 2.30. The van der Waals surface area contributed by atoms with Crippen LogP contribution in [0.4, 0.5) is 4.39 Å². The number of hydrogen-bond acceptors (Lipinski definition) is 4. The summed E-state index contributed by atoms with van der Waals surface area (Å²) < 4.78 is 35.9. The first-order valence-corrected chi connectivity index (χ1v) is 7.72. The summed E-state index contributed by atoms with van der Waals surface area (Å²) in [5.41, 5.74) is 5.68. The fourth-order valence-corrected chi connectivity index (χ4v) is 2.97. The van der Waals surface area contributed by atoms with Crippen LogP contribution in [0.15, 0.2) is 23.1 Å². The standard InChI is InChI=1S/C12H16FN3O3S/c13-10-6-8(3-4-11(10)20(15,18)19)12(17)16-5-1-2-9(16)7-14/h3-4,6,9H,1-2,5,7,14H2,(H2,15,18,19). The topological polar surface area (TPSA) is 106 Å². The van der Waals surface area contributed by atoms with Crippen molar-refractivity contribution in [2.45, 2.75) is 23.8 Å². The van der Waals surface area contributed by atoms with Crippen molar-refractivity contribution in [1.29, 1.82) is 0 Å². The van der Waals surface area contributed by atoms with Gasteiger partial charge in [-0.15, -0.1) is 0 Å². The van der Waals surface area contributed by atoms with Gasteiger partial charge in [-0.3, -0.25) is 4.79 Å². The van der Waals surface area contributed by atoms with E-state index in [9.17, 15) is 17.6 Å². The number of rotatable bonds is 3. The number of hydrogen-bond donors (Lipinski definition) is 2. The van der Waals surface area contributed by atoms with Gasteiger partial charge < -0.3 is 10.6 Å². The smallest absolute Gasteiger partial charge is 0.254 e. The number of nitrogens with two attached hydrogens (primary N) is 2. The Morgan fingerprint density at radius 3 is 2.70 bits per heavy atom. The molecule has 110 valence electrons. The molecule has 2 rings (SSSR count). The fourth-order valence-electron chi connectivity index (χ4n) is 2.38. The van der Waals surface area contributed by atoms with Crippen molar-refractivity contribution in [3.8, 4) is 0 Å². The third-order valence-electron chi connectivity index (χ3n) is 3.40. The van der Waals surface area contributed by atoms with E-state index in [2.05, 4.69) is 0 Å². The first kappa shape index (κ1) is 14.9. The molecule has 0 aromatic heterocycles. The minimum Gasteiger partial charge on any atom is -0.334 e. The molecular formula is C12H16FN3O3S. The SMILES string of the molecule is NCC1CCCN1C(=O)c1ccc(S(N)(=O)=O)c(F)c1. The second-order valence-corrected chi connectivity index (χ2v) is 6.25. The maximum Gasteiger partial charge on any atom is 0.254 e. The first-order valence-electron chi connectivity index (χ1n) is 6.18. The number of amides is 1. The molecule has 1 aromatic carbocycles. The quantitative estimate of drug-likeness (QED) is 0.821. The molecule has 0 spiro atoms. The van der Waals surface area contributed by atoms with Gasteiger partial charge in [0.1, 0.15) is 10.7 Å². The third-order valence-corrected chi connectivity index (χ3v) is 4.34. The van der Waals surface area contributed by atoms with E-state index in [1.165, 1.54) is 6.07 Å². The predicted molar refractivity (Wildman–Crippen MR) is 70.9 cm³/mol. The number of primary sulfonamides is 1. The fraction of sp³-hybridized carbons (Fsp3) is 0.417. The van der Waals surface area contributed by atoms with Crippen LogP contribution in [0, 0.1) is 5.82 Å². The summed E-state index contributed by atoms with van der Waals surface area (Å²) in [5.74, 6) is -1.38. The highest BCUT2D eigenvalue weighted by Gasteiger charge is 2.29. The van der Waals surface area contributed by atoms with Gasteiger partial charge in [0.15, 0.2) is 0 Å². The van der Waals surface area contributed by atoms with Gasteiger partial charge in [0.05, 0.1) is 0 Å². The van der Waals surface area contributed by atoms with Crippen molar-refractivity contribution in [3.63, 3.8) is 0 Å². The monoisotopic (exact) mass is 301 g/mol. The Labute approximate surface area is 116 Å². The number of carbonyl (C=O) groups is 1. The number of nitrogens with zero attached hydrogens (tertiary/aromatic N) is 1. The average Bonchev–Trinajstić information content (AvgIpc) is 2.84. The highest BCUT2D eigenvalue weighted by Crippen LogP contribution is 2.21. The number of likely N-dealkylation sites (tertiary alicyclic amines) is 1. The molecule has 4 N–H and O–H groups in total. The molecule has 0 aliphatic carbocycles. The molecule has 1 fully saturated rings. The summed E-state index contributed by atoms with van der Waals surface area (Å²) in [4.78, 5) is 13.2. The number of benzene rings is 1. The van der Waals surface area contributed by atoms with Crippen LogP contribution in [0.2, 0.25) is 0 Å². The van der Waals surface area contributed by atoms with E-state index in [-0.39, 0.29) is 17.5 Å². The van der Waals surface area contributed by atoms with E-state index in [1.54, 1.807) is 4.90 Å². The Hall–Kier alpha value is -1.51. The Kier molecular flexibility index (Phi) is 4.07. The van der Waals surface area contributed by atoms with E-state index in [0.717, 1.165) is 25.0 Å². The van der Waals surface area contributed by atoms with Gasteiger partial charge in [-0.05, 0) is 31.0 Å². The lowest BCUT2D eigenvalue weighted by atomic mass is 10.1.